The van der Waals surface area contributed by atoms with Crippen LogP contribution in [0.1, 0.15) is 5.56 Å². The molecule has 3 rings (SSSR count). The Morgan fingerprint density at radius 3 is 2.28 bits per heavy atom. The van der Waals surface area contributed by atoms with Crippen LogP contribution in [0, 0.1) is 10.7 Å². The van der Waals surface area contributed by atoms with Crippen LogP contribution in [-0.2, 0) is 10.1 Å². The van der Waals surface area contributed by atoms with E-state index in [0.717, 1.165) is 21.6 Å². The number of benzene rings is 2. The fourth-order valence-corrected chi connectivity index (χ4v) is 6.04. The van der Waals surface area contributed by atoms with Crippen molar-refractivity contribution in [2.24, 2.45) is 0 Å². The van der Waals surface area contributed by atoms with Gasteiger partial charge in [0.15, 0.2) is 0 Å². The third-order valence-electron chi connectivity index (χ3n) is 3.68. The number of ether oxygens (including phenoxy) is 1. The molecule has 0 saturated carbocycles. The Labute approximate surface area is 158 Å². The van der Waals surface area contributed by atoms with Crippen LogP contribution in [0.3, 0.4) is 0 Å². The Balaban J connectivity index is 2.23. The van der Waals surface area contributed by atoms with Crippen molar-refractivity contribution in [2.45, 2.75) is 11.8 Å². The van der Waals surface area contributed by atoms with E-state index in [1.54, 1.807) is 16.4 Å². The first-order valence-corrected chi connectivity index (χ1v) is 11.2. The highest BCUT2D eigenvalue weighted by Gasteiger charge is 2.20. The molecule has 0 amide bonds. The van der Waals surface area contributed by atoms with E-state index in [4.69, 9.17) is 17.0 Å². The summed E-state index contributed by atoms with van der Waals surface area (Å²) in [5, 5.41) is 0. The lowest BCUT2D eigenvalue weighted by Gasteiger charge is -2.09. The van der Waals surface area contributed by atoms with Crippen molar-refractivity contribution < 1.29 is 17.7 Å². The molecule has 8 heteroatoms. The van der Waals surface area contributed by atoms with Gasteiger partial charge in [0.2, 0.25) is 0 Å². The van der Waals surface area contributed by atoms with Crippen molar-refractivity contribution in [2.75, 3.05) is 7.11 Å². The molecule has 0 spiro atoms. The van der Waals surface area contributed by atoms with Crippen molar-refractivity contribution in [1.82, 2.24) is 0 Å². The monoisotopic (exact) mass is 410 g/mol. The lowest BCUT2D eigenvalue weighted by atomic mass is 10.0. The Kier molecular flexibility index (Phi) is 5.08. The Morgan fingerprint density at radius 2 is 1.68 bits per heavy atom. The summed E-state index contributed by atoms with van der Waals surface area (Å²) in [5.41, 5.74) is 3.59. The van der Waals surface area contributed by atoms with Gasteiger partial charge in [-0.05, 0) is 30.2 Å². The summed E-state index contributed by atoms with van der Waals surface area (Å²) in [6.45, 7) is 2.02. The summed E-state index contributed by atoms with van der Waals surface area (Å²) >= 11 is 5.46. The molecule has 0 atom stereocenters. The summed E-state index contributed by atoms with van der Waals surface area (Å²) in [4.78, 5) is 0.703. The van der Waals surface area contributed by atoms with E-state index in [9.17, 15) is 13.0 Å². The second kappa shape index (κ2) is 6.97. The van der Waals surface area contributed by atoms with E-state index in [1.165, 1.54) is 29.6 Å². The molecule has 0 unspecified atom stereocenters. The van der Waals surface area contributed by atoms with Crippen LogP contribution in [0.25, 0.3) is 21.6 Å². The van der Waals surface area contributed by atoms with Gasteiger partial charge in [0.1, 0.15) is 14.5 Å². The highest BCUT2D eigenvalue weighted by atomic mass is 32.9. The maximum Gasteiger partial charge on any atom is 0.298 e. The molecule has 1 N–H and O–H groups in total. The molecule has 2 aromatic carbocycles. The summed E-state index contributed by atoms with van der Waals surface area (Å²) in [6.07, 6.45) is 0. The number of methoxy groups -OCH3 is 1. The minimum absolute atomic E-state index is 0.0907. The topological polar surface area (TPSA) is 63.6 Å². The van der Waals surface area contributed by atoms with Crippen LogP contribution in [-0.4, -0.2) is 20.1 Å². The van der Waals surface area contributed by atoms with Gasteiger partial charge in [-0.3, -0.25) is 4.55 Å². The SMILES string of the molecule is COc1ccc(-c2c(-c3ccc(C)cc3)ssc2=S)cc1S(=O)(=O)O. The van der Waals surface area contributed by atoms with Gasteiger partial charge >= 0.3 is 0 Å². The molecule has 4 nitrogen and oxygen atoms in total. The smallest absolute Gasteiger partial charge is 0.298 e. The lowest BCUT2D eigenvalue weighted by molar-refractivity contribution is 0.397. The van der Waals surface area contributed by atoms with Crippen LogP contribution in [0.2, 0.25) is 0 Å². The molecule has 1 heterocycles. The van der Waals surface area contributed by atoms with Crippen LogP contribution in [0.4, 0.5) is 0 Å². The second-order valence-corrected chi connectivity index (χ2v) is 9.57. The zero-order chi connectivity index (χ0) is 18.2. The standard InChI is InChI=1S/C17H14O4S4/c1-10-3-5-11(6-4-10)16-15(17(22)24-23-16)12-7-8-13(21-2)14(9-12)25(18,19)20/h3-9H,1-2H3,(H,18,19,20). The maximum atomic E-state index is 11.7. The largest absolute Gasteiger partial charge is 0.495 e. The fourth-order valence-electron chi connectivity index (χ4n) is 2.44. The van der Waals surface area contributed by atoms with Gasteiger partial charge in [0.05, 0.1) is 12.0 Å². The Bertz CT molecular complexity index is 1080. The van der Waals surface area contributed by atoms with Crippen molar-refractivity contribution in [3.05, 3.63) is 51.9 Å². The van der Waals surface area contributed by atoms with Crippen molar-refractivity contribution >= 4 is 43.0 Å². The van der Waals surface area contributed by atoms with Crippen LogP contribution in [0.15, 0.2) is 47.4 Å². The zero-order valence-corrected chi connectivity index (χ0v) is 16.6. The first-order valence-electron chi connectivity index (χ1n) is 7.17. The molecule has 0 aliphatic heterocycles. The molecular formula is C17H14O4S4. The Hall–Kier alpha value is -1.58. The molecule has 1 aromatic heterocycles. The minimum atomic E-state index is -4.41. The molecule has 0 radical (unpaired) electrons. The number of rotatable bonds is 4. The number of hydrogen-bond donors (Lipinski definition) is 1. The molecule has 0 saturated heterocycles. The molecule has 0 aliphatic rings. The number of aryl methyl sites for hydroxylation is 1. The maximum absolute atomic E-state index is 11.7. The molecule has 0 fully saturated rings. The lowest BCUT2D eigenvalue weighted by Crippen LogP contribution is -2.01. The van der Waals surface area contributed by atoms with Crippen molar-refractivity contribution in [3.63, 3.8) is 0 Å². The zero-order valence-electron chi connectivity index (χ0n) is 13.3. The van der Waals surface area contributed by atoms with Gasteiger partial charge in [0.25, 0.3) is 10.1 Å². The minimum Gasteiger partial charge on any atom is -0.495 e. The van der Waals surface area contributed by atoms with E-state index in [1.807, 2.05) is 31.2 Å². The van der Waals surface area contributed by atoms with E-state index in [-0.39, 0.29) is 10.6 Å². The summed E-state index contributed by atoms with van der Waals surface area (Å²) in [5.74, 6) is 0.0907. The van der Waals surface area contributed by atoms with Crippen LogP contribution < -0.4 is 4.74 Å². The molecule has 130 valence electrons. The van der Waals surface area contributed by atoms with Gasteiger partial charge < -0.3 is 4.74 Å². The highest BCUT2D eigenvalue weighted by molar-refractivity contribution is 7.86. The summed E-state index contributed by atoms with van der Waals surface area (Å²) in [7, 11) is -0.0445. The predicted octanol–water partition coefficient (Wildman–Crippen LogP) is 5.44. The third-order valence-corrected chi connectivity index (χ3v) is 7.62. The first kappa shape index (κ1) is 18.2. The van der Waals surface area contributed by atoms with Gasteiger partial charge in [-0.2, -0.15) is 8.42 Å². The Morgan fingerprint density at radius 1 is 1.04 bits per heavy atom. The van der Waals surface area contributed by atoms with E-state index in [2.05, 4.69) is 0 Å². The van der Waals surface area contributed by atoms with E-state index < -0.39 is 10.1 Å². The normalized spacial score (nSPS) is 11.5. The molecule has 25 heavy (non-hydrogen) atoms. The fraction of sp³-hybridized carbons (Fsp3) is 0.118. The van der Waals surface area contributed by atoms with Crippen LogP contribution in [0.5, 0.6) is 5.75 Å². The average Bonchev–Trinajstić information content (AvgIpc) is 2.96. The molecular weight excluding hydrogens is 396 g/mol. The predicted molar refractivity (Wildman–Crippen MR) is 105 cm³/mol. The molecule has 0 bridgehead atoms. The van der Waals surface area contributed by atoms with E-state index >= 15 is 0 Å². The first-order chi connectivity index (χ1) is 11.8. The van der Waals surface area contributed by atoms with Crippen LogP contribution >= 0.6 is 32.9 Å². The van der Waals surface area contributed by atoms with Gasteiger partial charge in [0, 0.05) is 5.56 Å². The number of hydrogen-bond acceptors (Lipinski definition) is 6. The average molecular weight is 411 g/mol. The van der Waals surface area contributed by atoms with Crippen molar-refractivity contribution in [3.8, 4) is 27.3 Å². The molecule has 3 aromatic rings. The highest BCUT2D eigenvalue weighted by Crippen LogP contribution is 2.42. The summed E-state index contributed by atoms with van der Waals surface area (Å²) < 4.78 is 38.5. The van der Waals surface area contributed by atoms with Gasteiger partial charge in [-0.15, -0.1) is 0 Å². The van der Waals surface area contributed by atoms with Gasteiger partial charge in [-0.25, -0.2) is 0 Å². The van der Waals surface area contributed by atoms with Crippen molar-refractivity contribution in [1.29, 1.82) is 0 Å². The summed E-state index contributed by atoms with van der Waals surface area (Å²) in [6, 6.07) is 12.7. The third kappa shape index (κ3) is 3.68. The second-order valence-electron chi connectivity index (χ2n) is 5.36. The molecule has 0 aliphatic carbocycles. The quantitative estimate of drug-likeness (QED) is 0.353. The van der Waals surface area contributed by atoms with E-state index in [0.29, 0.717) is 9.39 Å². The van der Waals surface area contributed by atoms with Gasteiger partial charge in [-0.1, -0.05) is 68.8 Å².